The summed E-state index contributed by atoms with van der Waals surface area (Å²) in [7, 11) is 0. The average molecular weight is 338 g/mol. The molecule has 0 bridgehead atoms. The molecule has 1 saturated heterocycles. The lowest BCUT2D eigenvalue weighted by molar-refractivity contribution is 0.0262. The number of carbonyl (C=O) groups excluding carboxylic acids is 1. The van der Waals surface area contributed by atoms with Crippen molar-refractivity contribution in [2.24, 2.45) is 5.73 Å². The van der Waals surface area contributed by atoms with Crippen molar-refractivity contribution >= 4 is 5.91 Å². The summed E-state index contributed by atoms with van der Waals surface area (Å²) in [6.45, 7) is 1.16. The number of hydrogen-bond donors (Lipinski definition) is 3. The SMILES string of the molecule is N[C@@H]1c2ccccc2C2(CCN(C(=O)c3ccc(O)cc3)CC2)[C@H]1O. The Labute approximate surface area is 146 Å². The Morgan fingerprint density at radius 1 is 1.08 bits per heavy atom. The highest BCUT2D eigenvalue weighted by atomic mass is 16.3. The van der Waals surface area contributed by atoms with Crippen LogP contribution in [0.3, 0.4) is 0 Å². The van der Waals surface area contributed by atoms with Crippen molar-refractivity contribution in [1.29, 1.82) is 0 Å². The smallest absolute Gasteiger partial charge is 0.253 e. The Bertz CT molecular complexity index is 795. The molecule has 2 aromatic rings. The van der Waals surface area contributed by atoms with E-state index in [1.54, 1.807) is 12.1 Å². The maximum absolute atomic E-state index is 12.7. The van der Waals surface area contributed by atoms with Crippen LogP contribution in [-0.2, 0) is 5.41 Å². The number of piperidine rings is 1. The molecule has 5 nitrogen and oxygen atoms in total. The summed E-state index contributed by atoms with van der Waals surface area (Å²) in [6, 6.07) is 13.9. The van der Waals surface area contributed by atoms with E-state index in [9.17, 15) is 15.0 Å². The van der Waals surface area contributed by atoms with Gasteiger partial charge >= 0.3 is 0 Å². The third-order valence-electron chi connectivity index (χ3n) is 5.82. The molecule has 1 heterocycles. The lowest BCUT2D eigenvalue weighted by Gasteiger charge is -2.42. The standard InChI is InChI=1S/C20H22N2O3/c21-17-15-3-1-2-4-16(15)20(18(17)24)9-11-22(12-10-20)19(25)13-5-7-14(23)8-6-13/h1-8,17-18,23-24H,9-12,21H2/t17-,18+/m1/s1. The topological polar surface area (TPSA) is 86.8 Å². The highest BCUT2D eigenvalue weighted by Gasteiger charge is 2.51. The average Bonchev–Trinajstić information content (AvgIpc) is 2.85. The van der Waals surface area contributed by atoms with E-state index < -0.39 is 6.10 Å². The summed E-state index contributed by atoms with van der Waals surface area (Å²) in [5.41, 5.74) is 8.60. The van der Waals surface area contributed by atoms with Gasteiger partial charge in [0.25, 0.3) is 5.91 Å². The van der Waals surface area contributed by atoms with Gasteiger partial charge in [-0.1, -0.05) is 24.3 Å². The minimum Gasteiger partial charge on any atom is -0.508 e. The van der Waals surface area contributed by atoms with Gasteiger partial charge in [-0.15, -0.1) is 0 Å². The van der Waals surface area contributed by atoms with Crippen molar-refractivity contribution in [3.8, 4) is 5.75 Å². The molecule has 1 aliphatic heterocycles. The number of nitrogens with zero attached hydrogens (tertiary/aromatic N) is 1. The largest absolute Gasteiger partial charge is 0.508 e. The Balaban J connectivity index is 1.55. The van der Waals surface area contributed by atoms with Crippen LogP contribution in [0.25, 0.3) is 0 Å². The van der Waals surface area contributed by atoms with Crippen LogP contribution in [0.1, 0.15) is 40.4 Å². The molecule has 1 fully saturated rings. The third-order valence-corrected chi connectivity index (χ3v) is 5.82. The molecule has 130 valence electrons. The second-order valence-electron chi connectivity index (χ2n) is 7.05. The van der Waals surface area contributed by atoms with E-state index in [0.29, 0.717) is 31.5 Å². The molecule has 0 unspecified atom stereocenters. The number of nitrogens with two attached hydrogens (primary N) is 1. The van der Waals surface area contributed by atoms with Crippen molar-refractivity contribution in [3.63, 3.8) is 0 Å². The highest BCUT2D eigenvalue weighted by Crippen LogP contribution is 2.50. The fourth-order valence-electron chi connectivity index (χ4n) is 4.37. The summed E-state index contributed by atoms with van der Waals surface area (Å²) in [6.07, 6.45) is 0.779. The van der Waals surface area contributed by atoms with Gasteiger partial charge in [-0.3, -0.25) is 4.79 Å². The molecule has 0 saturated carbocycles. The number of aliphatic hydroxyl groups is 1. The zero-order valence-electron chi connectivity index (χ0n) is 13.9. The van der Waals surface area contributed by atoms with Crippen LogP contribution in [0.15, 0.2) is 48.5 Å². The Kier molecular flexibility index (Phi) is 3.78. The molecule has 1 amide bonds. The van der Waals surface area contributed by atoms with E-state index in [4.69, 9.17) is 5.73 Å². The fraction of sp³-hybridized carbons (Fsp3) is 0.350. The van der Waals surface area contributed by atoms with Crippen molar-refractivity contribution < 1.29 is 15.0 Å². The summed E-state index contributed by atoms with van der Waals surface area (Å²) in [5.74, 6) is 0.105. The second kappa shape index (κ2) is 5.86. The zero-order valence-corrected chi connectivity index (χ0v) is 13.9. The minimum absolute atomic E-state index is 0.0417. The first kappa shape index (κ1) is 16.1. The lowest BCUT2D eigenvalue weighted by Crippen LogP contribution is -2.50. The molecule has 25 heavy (non-hydrogen) atoms. The van der Waals surface area contributed by atoms with Gasteiger partial charge in [0.2, 0.25) is 0 Å². The summed E-state index contributed by atoms with van der Waals surface area (Å²) >= 11 is 0. The predicted octanol–water partition coefficient (Wildman–Crippen LogP) is 1.94. The number of phenolic OH excluding ortho intramolecular Hbond substituents is 1. The van der Waals surface area contributed by atoms with Crippen LogP contribution in [0.4, 0.5) is 0 Å². The van der Waals surface area contributed by atoms with Crippen molar-refractivity contribution in [1.82, 2.24) is 4.90 Å². The molecule has 4 N–H and O–H groups in total. The second-order valence-corrected chi connectivity index (χ2v) is 7.05. The molecule has 5 heteroatoms. The van der Waals surface area contributed by atoms with Crippen LogP contribution in [0, 0.1) is 0 Å². The Hall–Kier alpha value is -2.37. The molecular weight excluding hydrogens is 316 g/mol. The number of carbonyl (C=O) groups is 1. The first-order valence-electron chi connectivity index (χ1n) is 8.64. The molecule has 2 aliphatic rings. The van der Waals surface area contributed by atoms with Crippen LogP contribution >= 0.6 is 0 Å². The van der Waals surface area contributed by atoms with Gasteiger partial charge < -0.3 is 20.8 Å². The monoisotopic (exact) mass is 338 g/mol. The zero-order chi connectivity index (χ0) is 17.6. The quantitative estimate of drug-likeness (QED) is 0.742. The number of fused-ring (bicyclic) bond motifs is 2. The third kappa shape index (κ3) is 2.42. The van der Waals surface area contributed by atoms with Gasteiger partial charge in [-0.05, 0) is 48.2 Å². The van der Waals surface area contributed by atoms with Gasteiger partial charge in [0.15, 0.2) is 0 Å². The van der Waals surface area contributed by atoms with Crippen molar-refractivity contribution in [2.75, 3.05) is 13.1 Å². The van der Waals surface area contributed by atoms with E-state index in [2.05, 4.69) is 6.07 Å². The number of amides is 1. The summed E-state index contributed by atoms with van der Waals surface area (Å²) < 4.78 is 0. The molecule has 0 aromatic heterocycles. The molecule has 4 rings (SSSR count). The van der Waals surface area contributed by atoms with E-state index in [1.165, 1.54) is 12.1 Å². The molecule has 2 atom stereocenters. The normalized spacial score (nSPS) is 24.3. The maximum Gasteiger partial charge on any atom is 0.253 e. The van der Waals surface area contributed by atoms with Crippen LogP contribution < -0.4 is 5.73 Å². The number of rotatable bonds is 1. The number of aromatic hydroxyl groups is 1. The van der Waals surface area contributed by atoms with E-state index >= 15 is 0 Å². The molecular formula is C20H22N2O3. The minimum atomic E-state index is -0.615. The Morgan fingerprint density at radius 2 is 1.72 bits per heavy atom. The number of aliphatic hydroxyl groups excluding tert-OH is 1. The van der Waals surface area contributed by atoms with Gasteiger partial charge in [-0.25, -0.2) is 0 Å². The lowest BCUT2D eigenvalue weighted by atomic mass is 9.72. The molecule has 1 spiro atoms. The number of benzene rings is 2. The van der Waals surface area contributed by atoms with Crippen molar-refractivity contribution in [3.05, 3.63) is 65.2 Å². The predicted molar refractivity (Wildman–Crippen MR) is 94.3 cm³/mol. The first-order valence-corrected chi connectivity index (χ1v) is 8.64. The number of phenols is 1. The van der Waals surface area contributed by atoms with Crippen molar-refractivity contribution in [2.45, 2.75) is 30.4 Å². The molecule has 2 aromatic carbocycles. The van der Waals surface area contributed by atoms with E-state index in [-0.39, 0.29) is 23.1 Å². The highest BCUT2D eigenvalue weighted by molar-refractivity contribution is 5.94. The Morgan fingerprint density at radius 3 is 2.40 bits per heavy atom. The van der Waals surface area contributed by atoms with Gasteiger partial charge in [0.05, 0.1) is 12.1 Å². The van der Waals surface area contributed by atoms with E-state index in [0.717, 1.165) is 11.1 Å². The molecule has 1 aliphatic carbocycles. The number of hydrogen-bond acceptors (Lipinski definition) is 4. The van der Waals surface area contributed by atoms with Gasteiger partial charge in [-0.2, -0.15) is 0 Å². The molecule has 0 radical (unpaired) electrons. The summed E-state index contributed by atoms with van der Waals surface area (Å²) in [4.78, 5) is 14.5. The van der Waals surface area contributed by atoms with Gasteiger partial charge in [0.1, 0.15) is 5.75 Å². The summed E-state index contributed by atoms with van der Waals surface area (Å²) in [5, 5.41) is 20.2. The van der Waals surface area contributed by atoms with Crippen LogP contribution in [0.2, 0.25) is 0 Å². The fourth-order valence-corrected chi connectivity index (χ4v) is 4.37. The van der Waals surface area contributed by atoms with E-state index in [1.807, 2.05) is 23.1 Å². The van der Waals surface area contributed by atoms with Crippen LogP contribution in [0.5, 0.6) is 5.75 Å². The van der Waals surface area contributed by atoms with Gasteiger partial charge in [0, 0.05) is 24.1 Å². The first-order chi connectivity index (χ1) is 12.0. The maximum atomic E-state index is 12.7. The van der Waals surface area contributed by atoms with Crippen LogP contribution in [-0.4, -0.2) is 40.2 Å². The number of likely N-dealkylation sites (tertiary alicyclic amines) is 1.